The molecule has 0 spiro atoms. The van der Waals surface area contributed by atoms with Crippen molar-refractivity contribution in [3.05, 3.63) is 70.8 Å². The topological polar surface area (TPSA) is 55.4 Å². The number of hydrogen-bond donors (Lipinski definition) is 1. The Morgan fingerprint density at radius 3 is 2.38 bits per heavy atom. The average molecular weight is 283 g/mol. The second-order valence-electron chi connectivity index (χ2n) is 4.74. The Morgan fingerprint density at radius 1 is 1.05 bits per heavy atom. The van der Waals surface area contributed by atoms with Gasteiger partial charge in [0.2, 0.25) is 0 Å². The number of hydrogen-bond acceptors (Lipinski definition) is 3. The Bertz CT molecular complexity index is 647. The minimum Gasteiger partial charge on any atom is -0.465 e. The molecule has 0 fully saturated rings. The van der Waals surface area contributed by atoms with Crippen molar-refractivity contribution in [2.45, 2.75) is 13.5 Å². The van der Waals surface area contributed by atoms with Crippen molar-refractivity contribution in [1.29, 1.82) is 0 Å². The lowest BCUT2D eigenvalue weighted by molar-refractivity contribution is 0.0600. The Balaban J connectivity index is 1.97. The fourth-order valence-electron chi connectivity index (χ4n) is 1.95. The summed E-state index contributed by atoms with van der Waals surface area (Å²) in [5.41, 5.74) is 3.10. The van der Waals surface area contributed by atoms with E-state index in [0.29, 0.717) is 17.7 Å². The molecular formula is C17H17NO3. The van der Waals surface area contributed by atoms with Crippen molar-refractivity contribution in [2.75, 3.05) is 7.11 Å². The maximum atomic E-state index is 12.0. The molecule has 1 N–H and O–H groups in total. The molecule has 0 saturated carbocycles. The lowest BCUT2D eigenvalue weighted by Gasteiger charge is -2.07. The molecule has 108 valence electrons. The first-order valence-electron chi connectivity index (χ1n) is 6.62. The number of benzene rings is 2. The van der Waals surface area contributed by atoms with Crippen LogP contribution in [0.3, 0.4) is 0 Å². The first kappa shape index (κ1) is 14.8. The number of ether oxygens (including phenoxy) is 1. The monoisotopic (exact) mass is 283 g/mol. The zero-order chi connectivity index (χ0) is 15.2. The van der Waals surface area contributed by atoms with Gasteiger partial charge in [-0.3, -0.25) is 4.79 Å². The summed E-state index contributed by atoms with van der Waals surface area (Å²) >= 11 is 0. The summed E-state index contributed by atoms with van der Waals surface area (Å²) < 4.78 is 4.63. The van der Waals surface area contributed by atoms with E-state index in [1.54, 1.807) is 30.3 Å². The summed E-state index contributed by atoms with van der Waals surface area (Å²) in [4.78, 5) is 23.3. The third-order valence-electron chi connectivity index (χ3n) is 3.11. The highest BCUT2D eigenvalue weighted by atomic mass is 16.5. The molecule has 0 aromatic heterocycles. The second-order valence-corrected chi connectivity index (χ2v) is 4.74. The molecule has 2 rings (SSSR count). The van der Waals surface area contributed by atoms with Crippen molar-refractivity contribution in [1.82, 2.24) is 5.32 Å². The van der Waals surface area contributed by atoms with Gasteiger partial charge in [0.15, 0.2) is 0 Å². The minimum atomic E-state index is -0.370. The summed E-state index contributed by atoms with van der Waals surface area (Å²) in [6, 6.07) is 14.4. The molecule has 21 heavy (non-hydrogen) atoms. The van der Waals surface area contributed by atoms with E-state index in [0.717, 1.165) is 11.1 Å². The molecule has 0 aliphatic heterocycles. The van der Waals surface area contributed by atoms with E-state index in [-0.39, 0.29) is 11.9 Å². The van der Waals surface area contributed by atoms with Gasteiger partial charge in [-0.15, -0.1) is 0 Å². The molecule has 4 nitrogen and oxygen atoms in total. The highest BCUT2D eigenvalue weighted by Gasteiger charge is 2.07. The first-order valence-corrected chi connectivity index (χ1v) is 6.62. The van der Waals surface area contributed by atoms with Crippen LogP contribution in [0.25, 0.3) is 0 Å². The van der Waals surface area contributed by atoms with E-state index in [2.05, 4.69) is 10.1 Å². The molecule has 0 aliphatic rings. The van der Waals surface area contributed by atoms with Gasteiger partial charge in [0.05, 0.1) is 12.7 Å². The van der Waals surface area contributed by atoms with E-state index >= 15 is 0 Å². The van der Waals surface area contributed by atoms with Crippen LogP contribution in [0, 0.1) is 6.92 Å². The Morgan fingerprint density at radius 2 is 1.76 bits per heavy atom. The number of carbonyl (C=O) groups is 2. The fourth-order valence-corrected chi connectivity index (χ4v) is 1.95. The molecule has 0 unspecified atom stereocenters. The number of methoxy groups -OCH3 is 1. The molecule has 0 heterocycles. The van der Waals surface area contributed by atoms with Gasteiger partial charge in [-0.1, -0.05) is 29.8 Å². The maximum Gasteiger partial charge on any atom is 0.337 e. The second kappa shape index (κ2) is 6.70. The number of aryl methyl sites for hydroxylation is 1. The molecule has 2 aromatic rings. The summed E-state index contributed by atoms with van der Waals surface area (Å²) in [6.45, 7) is 2.36. The smallest absolute Gasteiger partial charge is 0.337 e. The molecule has 4 heteroatoms. The van der Waals surface area contributed by atoms with E-state index in [1.165, 1.54) is 7.11 Å². The summed E-state index contributed by atoms with van der Waals surface area (Å²) in [6.07, 6.45) is 0. The number of carbonyl (C=O) groups excluding carboxylic acids is 2. The van der Waals surface area contributed by atoms with Crippen molar-refractivity contribution in [3.63, 3.8) is 0 Å². The highest BCUT2D eigenvalue weighted by molar-refractivity contribution is 5.94. The standard InChI is InChI=1S/C17H17NO3/c1-12-4-3-5-15(10-12)16(19)18-11-13-6-8-14(9-7-13)17(20)21-2/h3-10H,11H2,1-2H3,(H,18,19). The highest BCUT2D eigenvalue weighted by Crippen LogP contribution is 2.07. The van der Waals surface area contributed by atoms with Crippen molar-refractivity contribution in [3.8, 4) is 0 Å². The zero-order valence-electron chi connectivity index (χ0n) is 12.1. The Labute approximate surface area is 123 Å². The van der Waals surface area contributed by atoms with Gasteiger partial charge in [0, 0.05) is 12.1 Å². The van der Waals surface area contributed by atoms with Gasteiger partial charge in [-0.05, 0) is 36.8 Å². The van der Waals surface area contributed by atoms with Crippen molar-refractivity contribution < 1.29 is 14.3 Å². The van der Waals surface area contributed by atoms with Gasteiger partial charge in [-0.2, -0.15) is 0 Å². The van der Waals surface area contributed by atoms with Crippen LogP contribution in [0.15, 0.2) is 48.5 Å². The van der Waals surface area contributed by atoms with Gasteiger partial charge in [0.1, 0.15) is 0 Å². The van der Waals surface area contributed by atoms with Crippen LogP contribution in [-0.4, -0.2) is 19.0 Å². The lowest BCUT2D eigenvalue weighted by Crippen LogP contribution is -2.22. The van der Waals surface area contributed by atoms with E-state index in [4.69, 9.17) is 0 Å². The van der Waals surface area contributed by atoms with Crippen LogP contribution in [0.2, 0.25) is 0 Å². The molecule has 0 aliphatic carbocycles. The quantitative estimate of drug-likeness (QED) is 0.878. The van der Waals surface area contributed by atoms with Crippen LogP contribution in [0.4, 0.5) is 0 Å². The Kier molecular flexibility index (Phi) is 4.72. The number of nitrogens with one attached hydrogen (secondary N) is 1. The molecule has 0 radical (unpaired) electrons. The molecule has 2 aromatic carbocycles. The van der Waals surface area contributed by atoms with Crippen LogP contribution < -0.4 is 5.32 Å². The predicted octanol–water partition coefficient (Wildman–Crippen LogP) is 2.71. The lowest BCUT2D eigenvalue weighted by atomic mass is 10.1. The van der Waals surface area contributed by atoms with Gasteiger partial charge >= 0.3 is 5.97 Å². The average Bonchev–Trinajstić information content (AvgIpc) is 2.52. The molecule has 0 atom stereocenters. The number of amides is 1. The maximum absolute atomic E-state index is 12.0. The molecule has 1 amide bonds. The minimum absolute atomic E-state index is 0.115. The summed E-state index contributed by atoms with van der Waals surface area (Å²) in [7, 11) is 1.35. The first-order chi connectivity index (χ1) is 10.1. The zero-order valence-corrected chi connectivity index (χ0v) is 12.1. The van der Waals surface area contributed by atoms with Crippen molar-refractivity contribution >= 4 is 11.9 Å². The Hall–Kier alpha value is -2.62. The third-order valence-corrected chi connectivity index (χ3v) is 3.11. The third kappa shape index (κ3) is 3.92. The van der Waals surface area contributed by atoms with Crippen LogP contribution in [0.5, 0.6) is 0 Å². The van der Waals surface area contributed by atoms with Gasteiger partial charge in [-0.25, -0.2) is 4.79 Å². The van der Waals surface area contributed by atoms with Crippen molar-refractivity contribution in [2.24, 2.45) is 0 Å². The number of esters is 1. The molecule has 0 saturated heterocycles. The summed E-state index contributed by atoms with van der Waals surface area (Å²) in [5, 5.41) is 2.85. The SMILES string of the molecule is COC(=O)c1ccc(CNC(=O)c2cccc(C)c2)cc1. The fraction of sp³-hybridized carbons (Fsp3) is 0.176. The van der Waals surface area contributed by atoms with E-state index in [1.807, 2.05) is 25.1 Å². The van der Waals surface area contributed by atoms with Crippen LogP contribution >= 0.6 is 0 Å². The normalized spacial score (nSPS) is 10.0. The summed E-state index contributed by atoms with van der Waals surface area (Å²) in [5.74, 6) is -0.485. The van der Waals surface area contributed by atoms with Gasteiger partial charge in [0.25, 0.3) is 5.91 Å². The van der Waals surface area contributed by atoms with E-state index in [9.17, 15) is 9.59 Å². The van der Waals surface area contributed by atoms with Crippen LogP contribution in [0.1, 0.15) is 31.8 Å². The van der Waals surface area contributed by atoms with E-state index < -0.39 is 0 Å². The van der Waals surface area contributed by atoms with Crippen LogP contribution in [-0.2, 0) is 11.3 Å². The largest absolute Gasteiger partial charge is 0.465 e. The van der Waals surface area contributed by atoms with Gasteiger partial charge < -0.3 is 10.1 Å². The molecular weight excluding hydrogens is 266 g/mol. The molecule has 0 bridgehead atoms. The number of rotatable bonds is 4. The predicted molar refractivity (Wildman–Crippen MR) is 80.1 cm³/mol.